The van der Waals surface area contributed by atoms with Gasteiger partial charge < -0.3 is 16.4 Å². The Bertz CT molecular complexity index is 1040. The predicted molar refractivity (Wildman–Crippen MR) is 108 cm³/mol. The Balaban J connectivity index is 1.59. The Hall–Kier alpha value is -3.33. The Morgan fingerprint density at radius 3 is 2.86 bits per heavy atom. The number of halogens is 1. The van der Waals surface area contributed by atoms with Gasteiger partial charge in [0.25, 0.3) is 5.91 Å². The van der Waals surface area contributed by atoms with Crippen LogP contribution < -0.4 is 16.4 Å². The first-order chi connectivity index (χ1) is 14.0. The topological polar surface area (TPSA) is 111 Å². The zero-order valence-electron chi connectivity index (χ0n) is 16.0. The van der Waals surface area contributed by atoms with E-state index < -0.39 is 12.1 Å². The number of carbonyl (C=O) groups excluding carboxylic acids is 1. The van der Waals surface area contributed by atoms with Crippen LogP contribution in [0.15, 0.2) is 42.9 Å². The van der Waals surface area contributed by atoms with Gasteiger partial charge in [-0.25, -0.2) is 14.4 Å². The maximum atomic E-state index is 13.6. The maximum Gasteiger partial charge on any atom is 0.274 e. The number of nitrogens with two attached hydrogens (primary N) is 1. The standard InChI is InChI=1S/C20H22FN7O/c1-28-11-14(7-25-28)12-3-2-4-13(5-12)17-10-24-19(22)18(27-17)20(29)26-16-6-15(21)8-23-9-16/h2-5,7,10-11,15-16,23H,6,8-9H2,1H3,(H2,22,24)(H,26,29)/t15-,16-/m0/s1. The molecule has 0 aliphatic carbocycles. The zero-order chi connectivity index (χ0) is 20.4. The molecule has 8 nitrogen and oxygen atoms in total. The van der Waals surface area contributed by atoms with E-state index >= 15 is 0 Å². The Labute approximate surface area is 167 Å². The number of aromatic nitrogens is 4. The fourth-order valence-electron chi connectivity index (χ4n) is 3.39. The van der Waals surface area contributed by atoms with Gasteiger partial charge in [-0.1, -0.05) is 18.2 Å². The molecule has 1 aliphatic heterocycles. The minimum absolute atomic E-state index is 0.0373. The van der Waals surface area contributed by atoms with Gasteiger partial charge in [-0.2, -0.15) is 5.10 Å². The molecular weight excluding hydrogens is 373 g/mol. The second-order valence-electron chi connectivity index (χ2n) is 7.13. The summed E-state index contributed by atoms with van der Waals surface area (Å²) in [5.41, 5.74) is 9.20. The molecule has 0 bridgehead atoms. The molecule has 0 radical (unpaired) electrons. The van der Waals surface area contributed by atoms with Crippen molar-refractivity contribution < 1.29 is 9.18 Å². The first-order valence-corrected chi connectivity index (χ1v) is 9.37. The van der Waals surface area contributed by atoms with Gasteiger partial charge in [0.2, 0.25) is 0 Å². The molecule has 1 aromatic carbocycles. The van der Waals surface area contributed by atoms with Gasteiger partial charge in [0.1, 0.15) is 6.17 Å². The molecule has 4 N–H and O–H groups in total. The molecule has 0 spiro atoms. The van der Waals surface area contributed by atoms with E-state index in [2.05, 4.69) is 25.7 Å². The summed E-state index contributed by atoms with van der Waals surface area (Å²) in [6, 6.07) is 7.41. The zero-order valence-corrected chi connectivity index (χ0v) is 16.0. The third-order valence-electron chi connectivity index (χ3n) is 4.84. The van der Waals surface area contributed by atoms with Crippen molar-refractivity contribution >= 4 is 11.7 Å². The number of benzene rings is 1. The fourth-order valence-corrected chi connectivity index (χ4v) is 3.39. The number of carbonyl (C=O) groups is 1. The summed E-state index contributed by atoms with van der Waals surface area (Å²) >= 11 is 0. The first-order valence-electron chi connectivity index (χ1n) is 9.37. The minimum atomic E-state index is -0.987. The number of piperidine rings is 1. The summed E-state index contributed by atoms with van der Waals surface area (Å²) < 4.78 is 15.3. The molecule has 1 saturated heterocycles. The van der Waals surface area contributed by atoms with Crippen LogP contribution in [0.25, 0.3) is 22.4 Å². The highest BCUT2D eigenvalue weighted by atomic mass is 19.1. The van der Waals surface area contributed by atoms with Crippen molar-refractivity contribution in [2.75, 3.05) is 18.8 Å². The Morgan fingerprint density at radius 2 is 2.10 bits per heavy atom. The van der Waals surface area contributed by atoms with Crippen LogP contribution in [0, 0.1) is 0 Å². The van der Waals surface area contributed by atoms with Crippen LogP contribution in [0.3, 0.4) is 0 Å². The summed E-state index contributed by atoms with van der Waals surface area (Å²) in [6.07, 6.45) is 4.51. The van der Waals surface area contributed by atoms with Crippen LogP contribution in [0.4, 0.5) is 10.2 Å². The van der Waals surface area contributed by atoms with Gasteiger partial charge in [-0.15, -0.1) is 0 Å². The van der Waals surface area contributed by atoms with Crippen molar-refractivity contribution in [3.05, 3.63) is 48.5 Å². The number of hydrogen-bond acceptors (Lipinski definition) is 6. The second-order valence-corrected chi connectivity index (χ2v) is 7.13. The molecule has 1 aliphatic rings. The van der Waals surface area contributed by atoms with Crippen LogP contribution in [-0.2, 0) is 7.05 Å². The number of amides is 1. The maximum absolute atomic E-state index is 13.6. The van der Waals surface area contributed by atoms with E-state index in [-0.39, 0.29) is 24.0 Å². The van der Waals surface area contributed by atoms with Crippen LogP contribution in [0.5, 0.6) is 0 Å². The van der Waals surface area contributed by atoms with Gasteiger partial charge in [0, 0.05) is 49.9 Å². The monoisotopic (exact) mass is 395 g/mol. The lowest BCUT2D eigenvalue weighted by Gasteiger charge is -2.26. The SMILES string of the molecule is Cn1cc(-c2cccc(-c3cnc(N)c(C(=O)N[C@@H]4CNC[C@@H](F)C4)n3)c2)cn1. The number of hydrogen-bond donors (Lipinski definition) is 3. The second kappa shape index (κ2) is 7.96. The molecule has 2 atom stereocenters. The van der Waals surface area contributed by atoms with E-state index in [9.17, 15) is 9.18 Å². The Kier molecular flexibility index (Phi) is 5.22. The van der Waals surface area contributed by atoms with Gasteiger partial charge >= 0.3 is 0 Å². The third kappa shape index (κ3) is 4.24. The van der Waals surface area contributed by atoms with Crippen molar-refractivity contribution in [2.24, 2.45) is 7.05 Å². The number of aryl methyl sites for hydroxylation is 1. The van der Waals surface area contributed by atoms with Crippen molar-refractivity contribution in [1.82, 2.24) is 30.4 Å². The molecule has 0 saturated carbocycles. The number of nitrogens with zero attached hydrogens (tertiary/aromatic N) is 4. The predicted octanol–water partition coefficient (Wildman–Crippen LogP) is 1.56. The fraction of sp³-hybridized carbons (Fsp3) is 0.300. The third-order valence-corrected chi connectivity index (χ3v) is 4.84. The van der Waals surface area contributed by atoms with Crippen LogP contribution in [-0.4, -0.2) is 51.0 Å². The average Bonchev–Trinajstić information content (AvgIpc) is 3.15. The van der Waals surface area contributed by atoms with E-state index in [0.29, 0.717) is 18.8 Å². The molecule has 4 rings (SSSR count). The molecule has 0 unspecified atom stereocenters. The number of anilines is 1. The smallest absolute Gasteiger partial charge is 0.274 e. The lowest BCUT2D eigenvalue weighted by atomic mass is 10.0. The van der Waals surface area contributed by atoms with Gasteiger partial charge in [-0.05, 0) is 11.6 Å². The lowest BCUT2D eigenvalue weighted by Crippen LogP contribution is -2.49. The molecule has 3 heterocycles. The molecule has 29 heavy (non-hydrogen) atoms. The summed E-state index contributed by atoms with van der Waals surface area (Å²) in [4.78, 5) is 21.2. The largest absolute Gasteiger partial charge is 0.382 e. The Morgan fingerprint density at radius 1 is 1.28 bits per heavy atom. The molecule has 1 amide bonds. The highest BCUT2D eigenvalue weighted by Gasteiger charge is 2.24. The lowest BCUT2D eigenvalue weighted by molar-refractivity contribution is 0.0914. The summed E-state index contributed by atoms with van der Waals surface area (Å²) in [5.74, 6) is -0.420. The summed E-state index contributed by atoms with van der Waals surface area (Å²) in [5, 5.41) is 9.94. The molecule has 150 valence electrons. The molecule has 3 aromatic rings. The summed E-state index contributed by atoms with van der Waals surface area (Å²) in [7, 11) is 1.86. The molecule has 2 aromatic heterocycles. The highest BCUT2D eigenvalue weighted by Crippen LogP contribution is 2.25. The molecular formula is C20H22FN7O. The number of nitrogens with one attached hydrogen (secondary N) is 2. The number of nitrogen functional groups attached to an aromatic ring is 1. The molecule has 1 fully saturated rings. The average molecular weight is 395 g/mol. The van der Waals surface area contributed by atoms with Crippen LogP contribution in [0.1, 0.15) is 16.9 Å². The van der Waals surface area contributed by atoms with Crippen molar-refractivity contribution in [3.63, 3.8) is 0 Å². The minimum Gasteiger partial charge on any atom is -0.382 e. The van der Waals surface area contributed by atoms with Gasteiger partial charge in [0.05, 0.1) is 18.1 Å². The number of rotatable bonds is 4. The van der Waals surface area contributed by atoms with Crippen molar-refractivity contribution in [2.45, 2.75) is 18.6 Å². The first kappa shape index (κ1) is 19.0. The molecule has 9 heteroatoms. The number of alkyl halides is 1. The van der Waals surface area contributed by atoms with Crippen LogP contribution >= 0.6 is 0 Å². The summed E-state index contributed by atoms with van der Waals surface area (Å²) in [6.45, 7) is 0.809. The van der Waals surface area contributed by atoms with E-state index in [4.69, 9.17) is 5.73 Å². The van der Waals surface area contributed by atoms with E-state index in [0.717, 1.165) is 16.7 Å². The van der Waals surface area contributed by atoms with Gasteiger partial charge in [-0.3, -0.25) is 9.48 Å². The van der Waals surface area contributed by atoms with Crippen molar-refractivity contribution in [1.29, 1.82) is 0 Å². The van der Waals surface area contributed by atoms with E-state index in [1.165, 1.54) is 6.20 Å². The van der Waals surface area contributed by atoms with E-state index in [1.807, 2.05) is 37.5 Å². The highest BCUT2D eigenvalue weighted by molar-refractivity contribution is 5.97. The quantitative estimate of drug-likeness (QED) is 0.618. The normalized spacial score (nSPS) is 19.1. The van der Waals surface area contributed by atoms with Crippen molar-refractivity contribution in [3.8, 4) is 22.4 Å². The van der Waals surface area contributed by atoms with Crippen LogP contribution in [0.2, 0.25) is 0 Å². The van der Waals surface area contributed by atoms with Gasteiger partial charge in [0.15, 0.2) is 11.5 Å². The van der Waals surface area contributed by atoms with E-state index in [1.54, 1.807) is 10.9 Å².